The summed E-state index contributed by atoms with van der Waals surface area (Å²) in [5, 5.41) is 0. The molecule has 82 valence electrons. The van der Waals surface area contributed by atoms with E-state index in [1.807, 2.05) is 0 Å². The number of hydrogen-bond acceptors (Lipinski definition) is 0. The molecule has 0 saturated carbocycles. The third kappa shape index (κ3) is 1.71. The summed E-state index contributed by atoms with van der Waals surface area (Å²) in [5.41, 5.74) is 0. The maximum Gasteiger partial charge on any atom is 0.0887 e. The van der Waals surface area contributed by atoms with Crippen molar-refractivity contribution in [3.05, 3.63) is 0 Å². The highest BCUT2D eigenvalue weighted by atomic mass is 15.4. The molecule has 3 unspecified atom stereocenters. The van der Waals surface area contributed by atoms with E-state index >= 15 is 0 Å². The summed E-state index contributed by atoms with van der Waals surface area (Å²) in [6, 6.07) is 0.919. The molecule has 0 radical (unpaired) electrons. The summed E-state index contributed by atoms with van der Waals surface area (Å²) < 4.78 is 1.46. The Morgan fingerprint density at radius 2 is 1.57 bits per heavy atom. The molecule has 0 aromatic carbocycles. The molecule has 0 aliphatic carbocycles. The molecule has 2 saturated heterocycles. The van der Waals surface area contributed by atoms with Crippen molar-refractivity contribution < 1.29 is 4.48 Å². The zero-order valence-corrected chi connectivity index (χ0v) is 10.1. The van der Waals surface area contributed by atoms with E-state index in [0.29, 0.717) is 0 Å². The lowest BCUT2D eigenvalue weighted by Crippen LogP contribution is -2.55. The maximum atomic E-state index is 2.51. The first-order chi connectivity index (χ1) is 6.64. The van der Waals surface area contributed by atoms with Gasteiger partial charge in [-0.25, -0.2) is 0 Å². The van der Waals surface area contributed by atoms with Gasteiger partial charge in [-0.3, -0.25) is 0 Å². The van der Waals surface area contributed by atoms with Crippen molar-refractivity contribution in [3.8, 4) is 0 Å². The van der Waals surface area contributed by atoms with Crippen molar-refractivity contribution in [3.63, 3.8) is 0 Å². The van der Waals surface area contributed by atoms with Crippen molar-refractivity contribution in [2.24, 2.45) is 11.8 Å². The van der Waals surface area contributed by atoms with Crippen molar-refractivity contribution in [2.75, 3.05) is 19.6 Å². The van der Waals surface area contributed by atoms with Crippen molar-refractivity contribution in [2.45, 2.75) is 52.5 Å². The van der Waals surface area contributed by atoms with Crippen LogP contribution in [0.15, 0.2) is 0 Å². The Morgan fingerprint density at radius 1 is 0.929 bits per heavy atom. The van der Waals surface area contributed by atoms with Gasteiger partial charge in [0.1, 0.15) is 0 Å². The van der Waals surface area contributed by atoms with Gasteiger partial charge in [-0.05, 0) is 19.8 Å². The molecule has 3 atom stereocenters. The molecule has 0 bridgehead atoms. The van der Waals surface area contributed by atoms with E-state index < -0.39 is 0 Å². The van der Waals surface area contributed by atoms with Gasteiger partial charge in [-0.1, -0.05) is 13.8 Å². The summed E-state index contributed by atoms with van der Waals surface area (Å²) in [5.74, 6) is 1.90. The van der Waals surface area contributed by atoms with E-state index in [4.69, 9.17) is 0 Å². The van der Waals surface area contributed by atoms with Gasteiger partial charge in [0.15, 0.2) is 0 Å². The van der Waals surface area contributed by atoms with Crippen LogP contribution in [0.2, 0.25) is 0 Å². The van der Waals surface area contributed by atoms with Crippen LogP contribution in [0.1, 0.15) is 46.5 Å². The Balaban J connectivity index is 2.18. The molecule has 0 N–H and O–H groups in total. The molecular weight excluding hydrogens is 170 g/mol. The zero-order chi connectivity index (χ0) is 10.2. The molecule has 2 fully saturated rings. The van der Waals surface area contributed by atoms with E-state index in [1.165, 1.54) is 49.8 Å². The highest BCUT2D eigenvalue weighted by Gasteiger charge is 2.42. The van der Waals surface area contributed by atoms with E-state index in [-0.39, 0.29) is 0 Å². The summed E-state index contributed by atoms with van der Waals surface area (Å²) in [4.78, 5) is 0. The lowest BCUT2D eigenvalue weighted by Gasteiger charge is -2.42. The lowest BCUT2D eigenvalue weighted by molar-refractivity contribution is -0.943. The van der Waals surface area contributed by atoms with Gasteiger partial charge in [0.05, 0.1) is 25.7 Å². The van der Waals surface area contributed by atoms with E-state index in [0.717, 1.165) is 17.9 Å². The van der Waals surface area contributed by atoms with Crippen LogP contribution in [0, 0.1) is 11.8 Å². The fraction of sp³-hybridized carbons (Fsp3) is 1.00. The smallest absolute Gasteiger partial charge is 0.0887 e. The largest absolute Gasteiger partial charge is 0.321 e. The minimum atomic E-state index is 0.919. The second kappa shape index (κ2) is 3.84. The molecule has 1 spiro atoms. The van der Waals surface area contributed by atoms with Gasteiger partial charge in [0, 0.05) is 24.7 Å². The predicted molar refractivity (Wildman–Crippen MR) is 61.1 cm³/mol. The predicted octanol–water partition coefficient (Wildman–Crippen LogP) is 3.05. The zero-order valence-electron chi connectivity index (χ0n) is 10.1. The van der Waals surface area contributed by atoms with E-state index in [1.54, 1.807) is 0 Å². The van der Waals surface area contributed by atoms with Crippen LogP contribution in [-0.4, -0.2) is 30.2 Å². The minimum absolute atomic E-state index is 0.919. The van der Waals surface area contributed by atoms with Crippen LogP contribution in [-0.2, 0) is 0 Å². The molecule has 2 heterocycles. The molecule has 2 aliphatic rings. The Morgan fingerprint density at radius 3 is 2.21 bits per heavy atom. The average Bonchev–Trinajstić information content (AvgIpc) is 2.58. The minimum Gasteiger partial charge on any atom is -0.321 e. The highest BCUT2D eigenvalue weighted by Crippen LogP contribution is 2.35. The second-order valence-corrected chi connectivity index (χ2v) is 5.96. The fourth-order valence-electron chi connectivity index (χ4n) is 3.76. The first-order valence-electron chi connectivity index (χ1n) is 6.50. The number of nitrogens with zero attached hydrogens (tertiary/aromatic N) is 1. The second-order valence-electron chi connectivity index (χ2n) is 5.96. The highest BCUT2D eigenvalue weighted by molar-refractivity contribution is 4.73. The molecule has 0 aromatic heterocycles. The van der Waals surface area contributed by atoms with Crippen molar-refractivity contribution in [1.29, 1.82) is 0 Å². The number of rotatable bonds is 0. The number of hydrogen-bond donors (Lipinski definition) is 0. The average molecular weight is 196 g/mol. The first kappa shape index (κ1) is 10.5. The van der Waals surface area contributed by atoms with Gasteiger partial charge < -0.3 is 4.48 Å². The Labute approximate surface area is 89.1 Å². The van der Waals surface area contributed by atoms with Crippen molar-refractivity contribution >= 4 is 0 Å². The van der Waals surface area contributed by atoms with Gasteiger partial charge in [-0.15, -0.1) is 0 Å². The summed E-state index contributed by atoms with van der Waals surface area (Å²) in [6.45, 7) is 11.8. The van der Waals surface area contributed by atoms with E-state index in [9.17, 15) is 0 Å². The normalized spacial score (nSPS) is 42.6. The first-order valence-corrected chi connectivity index (χ1v) is 6.50. The van der Waals surface area contributed by atoms with Crippen LogP contribution in [0.5, 0.6) is 0 Å². The van der Waals surface area contributed by atoms with Gasteiger partial charge in [0.2, 0.25) is 0 Å². The summed E-state index contributed by atoms with van der Waals surface area (Å²) >= 11 is 0. The van der Waals surface area contributed by atoms with Gasteiger partial charge in [-0.2, -0.15) is 0 Å². The monoisotopic (exact) mass is 196 g/mol. The summed E-state index contributed by atoms with van der Waals surface area (Å²) in [7, 11) is 0. The van der Waals surface area contributed by atoms with Crippen molar-refractivity contribution in [1.82, 2.24) is 0 Å². The van der Waals surface area contributed by atoms with Gasteiger partial charge in [0.25, 0.3) is 0 Å². The Bertz CT molecular complexity index is 193. The summed E-state index contributed by atoms with van der Waals surface area (Å²) in [6.07, 6.45) is 5.88. The molecule has 1 nitrogen and oxygen atoms in total. The number of quaternary nitrogens is 1. The third-order valence-electron chi connectivity index (χ3n) is 4.93. The molecule has 2 aliphatic heterocycles. The van der Waals surface area contributed by atoms with Crippen LogP contribution in [0.3, 0.4) is 0 Å². The molecular formula is C13H26N+. The van der Waals surface area contributed by atoms with Crippen LogP contribution in [0.4, 0.5) is 0 Å². The third-order valence-corrected chi connectivity index (χ3v) is 4.93. The molecule has 1 heteroatoms. The van der Waals surface area contributed by atoms with Crippen LogP contribution >= 0.6 is 0 Å². The molecule has 14 heavy (non-hydrogen) atoms. The topological polar surface area (TPSA) is 0 Å². The maximum absolute atomic E-state index is 2.51. The van der Waals surface area contributed by atoms with E-state index in [2.05, 4.69) is 20.8 Å². The van der Waals surface area contributed by atoms with Crippen LogP contribution in [0.25, 0.3) is 0 Å². The van der Waals surface area contributed by atoms with Gasteiger partial charge >= 0.3 is 0 Å². The molecule has 0 amide bonds. The Hall–Kier alpha value is -0.0400. The lowest BCUT2D eigenvalue weighted by atomic mass is 9.96. The SMILES string of the molecule is CC1CCC(C)C(C)[N+]2(CCCC2)C1. The fourth-order valence-corrected chi connectivity index (χ4v) is 3.76. The molecule has 0 aromatic rings. The quantitative estimate of drug-likeness (QED) is 0.522. The molecule has 2 rings (SSSR count). The Kier molecular flexibility index (Phi) is 2.88. The standard InChI is InChI=1S/C13H26N/c1-11-6-7-12(2)13(3)14(10-11)8-4-5-9-14/h11-13H,4-10H2,1-3H3/q+1. The van der Waals surface area contributed by atoms with Crippen LogP contribution < -0.4 is 0 Å².